The summed E-state index contributed by atoms with van der Waals surface area (Å²) in [5, 5.41) is 11.3. The fourth-order valence-corrected chi connectivity index (χ4v) is 2.10. The van der Waals surface area contributed by atoms with Gasteiger partial charge < -0.3 is 0 Å². The minimum absolute atomic E-state index is 0.181. The predicted octanol–water partition coefficient (Wildman–Crippen LogP) is 3.57. The molecule has 90 valence electrons. The summed E-state index contributed by atoms with van der Waals surface area (Å²) in [7, 11) is 0. The number of hydrogen-bond acceptors (Lipinski definition) is 2. The molecule has 2 heteroatoms. The molecule has 0 fully saturated rings. The van der Waals surface area contributed by atoms with Crippen LogP contribution in [0.2, 0.25) is 0 Å². The molecule has 2 nitrogen and oxygen atoms in total. The van der Waals surface area contributed by atoms with Crippen molar-refractivity contribution in [3.8, 4) is 6.19 Å². The Balaban J connectivity index is 2.98. The van der Waals surface area contributed by atoms with E-state index in [1.807, 2.05) is 6.19 Å². The van der Waals surface area contributed by atoms with E-state index in [-0.39, 0.29) is 5.92 Å². The van der Waals surface area contributed by atoms with Gasteiger partial charge in [0.1, 0.15) is 0 Å². The van der Waals surface area contributed by atoms with Crippen LogP contribution in [0.1, 0.15) is 37.8 Å². The SMILES string of the molecule is C=C(NC#N)C(c1ccc(CC)cc1)C(C)C. The lowest BCUT2D eigenvalue weighted by atomic mass is 9.85. The number of aryl methyl sites for hydroxylation is 1. The van der Waals surface area contributed by atoms with Crippen LogP contribution in [0.25, 0.3) is 0 Å². The van der Waals surface area contributed by atoms with Crippen LogP contribution < -0.4 is 5.32 Å². The van der Waals surface area contributed by atoms with Crippen molar-refractivity contribution in [3.63, 3.8) is 0 Å². The molecule has 0 aliphatic heterocycles. The van der Waals surface area contributed by atoms with Gasteiger partial charge >= 0.3 is 0 Å². The maximum absolute atomic E-state index is 8.67. The molecule has 0 saturated carbocycles. The molecule has 0 spiro atoms. The van der Waals surface area contributed by atoms with Gasteiger partial charge in [-0.15, -0.1) is 0 Å². The molecule has 17 heavy (non-hydrogen) atoms. The van der Waals surface area contributed by atoms with Gasteiger partial charge in [-0.1, -0.05) is 51.6 Å². The third-order valence-electron chi connectivity index (χ3n) is 3.01. The van der Waals surface area contributed by atoms with Crippen LogP contribution >= 0.6 is 0 Å². The highest BCUT2D eigenvalue weighted by molar-refractivity contribution is 5.31. The summed E-state index contributed by atoms with van der Waals surface area (Å²) >= 11 is 0. The van der Waals surface area contributed by atoms with Crippen molar-refractivity contribution >= 4 is 0 Å². The van der Waals surface area contributed by atoms with Crippen molar-refractivity contribution in [2.75, 3.05) is 0 Å². The summed E-state index contributed by atoms with van der Waals surface area (Å²) < 4.78 is 0. The van der Waals surface area contributed by atoms with E-state index < -0.39 is 0 Å². The lowest BCUT2D eigenvalue weighted by Gasteiger charge is -2.22. The van der Waals surface area contributed by atoms with E-state index in [4.69, 9.17) is 5.26 Å². The Morgan fingerprint density at radius 3 is 2.35 bits per heavy atom. The lowest BCUT2D eigenvalue weighted by molar-refractivity contribution is 0.541. The molecule has 0 aliphatic rings. The smallest absolute Gasteiger partial charge is 0.181 e. The highest BCUT2D eigenvalue weighted by Crippen LogP contribution is 2.29. The van der Waals surface area contributed by atoms with E-state index in [1.165, 1.54) is 11.1 Å². The highest BCUT2D eigenvalue weighted by atomic mass is 14.9. The van der Waals surface area contributed by atoms with E-state index in [1.54, 1.807) is 0 Å². The predicted molar refractivity (Wildman–Crippen MR) is 71.3 cm³/mol. The van der Waals surface area contributed by atoms with Crippen molar-refractivity contribution in [2.45, 2.75) is 33.1 Å². The van der Waals surface area contributed by atoms with Crippen LogP contribution in [-0.2, 0) is 6.42 Å². The summed E-state index contributed by atoms with van der Waals surface area (Å²) in [4.78, 5) is 0. The zero-order valence-electron chi connectivity index (χ0n) is 10.8. The van der Waals surface area contributed by atoms with Gasteiger partial charge in [0.2, 0.25) is 0 Å². The molecule has 0 radical (unpaired) electrons. The van der Waals surface area contributed by atoms with Gasteiger partial charge in [-0.2, -0.15) is 5.26 Å². The van der Waals surface area contributed by atoms with Crippen LogP contribution in [0.4, 0.5) is 0 Å². The Labute approximate surface area is 104 Å². The first-order chi connectivity index (χ1) is 8.10. The summed E-state index contributed by atoms with van der Waals surface area (Å²) in [5.74, 6) is 0.594. The second-order valence-corrected chi connectivity index (χ2v) is 4.58. The fourth-order valence-electron chi connectivity index (χ4n) is 2.10. The number of nitriles is 1. The fraction of sp³-hybridized carbons (Fsp3) is 0.400. The van der Waals surface area contributed by atoms with Crippen LogP contribution in [0.3, 0.4) is 0 Å². The number of hydrogen-bond donors (Lipinski definition) is 1. The molecule has 1 aromatic carbocycles. The van der Waals surface area contributed by atoms with Gasteiger partial charge in [-0.3, -0.25) is 5.32 Å². The molecule has 1 N–H and O–H groups in total. The summed E-state index contributed by atoms with van der Waals surface area (Å²) in [6.45, 7) is 10.4. The first kappa shape index (κ1) is 13.3. The van der Waals surface area contributed by atoms with E-state index in [9.17, 15) is 0 Å². The number of allylic oxidation sites excluding steroid dienone is 1. The molecule has 0 aromatic heterocycles. The van der Waals surface area contributed by atoms with Crippen molar-refractivity contribution in [1.29, 1.82) is 5.26 Å². The molecule has 1 aromatic rings. The first-order valence-electron chi connectivity index (χ1n) is 6.02. The number of benzene rings is 1. The third kappa shape index (κ3) is 3.35. The number of nitrogens with one attached hydrogen (secondary N) is 1. The first-order valence-corrected chi connectivity index (χ1v) is 6.02. The van der Waals surface area contributed by atoms with Crippen molar-refractivity contribution in [1.82, 2.24) is 5.32 Å². The Kier molecular flexibility index (Phi) is 4.78. The molecule has 1 rings (SSSR count). The van der Waals surface area contributed by atoms with Gasteiger partial charge in [0.25, 0.3) is 0 Å². The molecule has 1 unspecified atom stereocenters. The number of rotatable bonds is 5. The normalized spacial score (nSPS) is 11.9. The number of nitrogens with zero attached hydrogens (tertiary/aromatic N) is 1. The molecular formula is C15H20N2. The van der Waals surface area contributed by atoms with Crippen LogP contribution in [0, 0.1) is 17.4 Å². The van der Waals surface area contributed by atoms with Crippen molar-refractivity contribution < 1.29 is 0 Å². The zero-order valence-corrected chi connectivity index (χ0v) is 10.8. The molecule has 0 heterocycles. The Morgan fingerprint density at radius 2 is 1.94 bits per heavy atom. The highest BCUT2D eigenvalue weighted by Gasteiger charge is 2.18. The van der Waals surface area contributed by atoms with Crippen LogP contribution in [-0.4, -0.2) is 0 Å². The summed E-state index contributed by atoms with van der Waals surface area (Å²) in [6, 6.07) is 8.55. The largest absolute Gasteiger partial charge is 0.297 e. The zero-order chi connectivity index (χ0) is 12.8. The second-order valence-electron chi connectivity index (χ2n) is 4.58. The quantitative estimate of drug-likeness (QED) is 0.617. The van der Waals surface area contributed by atoms with Gasteiger partial charge in [-0.25, -0.2) is 0 Å². The van der Waals surface area contributed by atoms with E-state index in [2.05, 4.69) is 56.9 Å². The van der Waals surface area contributed by atoms with Gasteiger partial charge in [0.15, 0.2) is 6.19 Å². The minimum atomic E-state index is 0.181. The van der Waals surface area contributed by atoms with Crippen molar-refractivity contribution in [3.05, 3.63) is 47.7 Å². The average Bonchev–Trinajstić information content (AvgIpc) is 2.30. The van der Waals surface area contributed by atoms with Crippen LogP contribution in [0.15, 0.2) is 36.5 Å². The molecule has 0 aliphatic carbocycles. The van der Waals surface area contributed by atoms with Crippen LogP contribution in [0.5, 0.6) is 0 Å². The topological polar surface area (TPSA) is 35.8 Å². The monoisotopic (exact) mass is 228 g/mol. The summed E-state index contributed by atoms with van der Waals surface area (Å²) in [5.41, 5.74) is 3.31. The molecule has 1 atom stereocenters. The summed E-state index contributed by atoms with van der Waals surface area (Å²) in [6.07, 6.45) is 2.99. The lowest BCUT2D eigenvalue weighted by Crippen LogP contribution is -2.18. The minimum Gasteiger partial charge on any atom is -0.297 e. The third-order valence-corrected chi connectivity index (χ3v) is 3.01. The van der Waals surface area contributed by atoms with Gasteiger partial charge in [0, 0.05) is 11.6 Å². The van der Waals surface area contributed by atoms with Crippen molar-refractivity contribution in [2.24, 2.45) is 5.92 Å². The second kappa shape index (κ2) is 6.10. The Hall–Kier alpha value is -1.75. The maximum atomic E-state index is 8.67. The molecular weight excluding hydrogens is 208 g/mol. The Bertz CT molecular complexity index is 410. The standard InChI is InChI=1S/C15H20N2/c1-5-13-6-8-14(9-7-13)15(11(2)3)12(4)17-10-16/h6-9,11,15,17H,4-5H2,1-3H3. The molecule has 0 amide bonds. The van der Waals surface area contributed by atoms with E-state index in [0.29, 0.717) is 5.92 Å². The Morgan fingerprint density at radius 1 is 1.35 bits per heavy atom. The maximum Gasteiger partial charge on any atom is 0.181 e. The van der Waals surface area contributed by atoms with E-state index >= 15 is 0 Å². The van der Waals surface area contributed by atoms with Gasteiger partial charge in [0.05, 0.1) is 0 Å². The molecule has 0 bridgehead atoms. The average molecular weight is 228 g/mol. The van der Waals surface area contributed by atoms with Gasteiger partial charge in [-0.05, 0) is 23.5 Å². The molecule has 0 saturated heterocycles. The van der Waals surface area contributed by atoms with E-state index in [0.717, 1.165) is 12.1 Å².